The molecule has 0 aliphatic heterocycles. The van der Waals surface area contributed by atoms with Crippen molar-refractivity contribution in [2.75, 3.05) is 7.11 Å². The molecule has 1 atom stereocenters. The van der Waals surface area contributed by atoms with Crippen LogP contribution < -0.4 is 5.73 Å². The molecule has 0 aliphatic rings. The normalized spacial score (nSPS) is 12.7. The van der Waals surface area contributed by atoms with Gasteiger partial charge in [0.05, 0.1) is 12.3 Å². The largest absolute Gasteiger partial charge is 0.378 e. The Balaban J connectivity index is 2.39. The van der Waals surface area contributed by atoms with Crippen LogP contribution in [0.4, 0.5) is 0 Å². The second-order valence-electron chi connectivity index (χ2n) is 4.06. The highest BCUT2D eigenvalue weighted by Gasteiger charge is 2.15. The summed E-state index contributed by atoms with van der Waals surface area (Å²) in [5.41, 5.74) is 7.92. The molecule has 0 spiro atoms. The number of nitrogens with zero attached hydrogens (tertiary/aromatic N) is 1. The van der Waals surface area contributed by atoms with Crippen LogP contribution >= 0.6 is 22.9 Å². The SMILES string of the molecule is COCc1nc(-c2ccc(Cl)cc2)sc1C(C)N. The van der Waals surface area contributed by atoms with E-state index >= 15 is 0 Å². The van der Waals surface area contributed by atoms with E-state index in [1.807, 2.05) is 31.2 Å². The fraction of sp³-hybridized carbons (Fsp3) is 0.308. The van der Waals surface area contributed by atoms with E-state index in [9.17, 15) is 0 Å². The number of rotatable bonds is 4. The predicted octanol–water partition coefficient (Wildman–Crippen LogP) is 3.63. The number of nitrogens with two attached hydrogens (primary N) is 1. The second-order valence-corrected chi connectivity index (χ2v) is 5.53. The van der Waals surface area contributed by atoms with Crippen LogP contribution in [0.5, 0.6) is 0 Å². The molecule has 0 saturated carbocycles. The predicted molar refractivity (Wildman–Crippen MR) is 75.9 cm³/mol. The highest BCUT2D eigenvalue weighted by molar-refractivity contribution is 7.15. The van der Waals surface area contributed by atoms with E-state index < -0.39 is 0 Å². The summed E-state index contributed by atoms with van der Waals surface area (Å²) in [6, 6.07) is 7.61. The summed E-state index contributed by atoms with van der Waals surface area (Å²) in [6.45, 7) is 2.44. The lowest BCUT2D eigenvalue weighted by Gasteiger charge is -2.03. The Labute approximate surface area is 116 Å². The summed E-state index contributed by atoms with van der Waals surface area (Å²) >= 11 is 7.49. The molecular weight excluding hydrogens is 268 g/mol. The summed E-state index contributed by atoms with van der Waals surface area (Å²) in [5.74, 6) is 0. The Morgan fingerprint density at radius 3 is 2.61 bits per heavy atom. The minimum Gasteiger partial charge on any atom is -0.378 e. The van der Waals surface area contributed by atoms with E-state index in [1.165, 1.54) is 0 Å². The smallest absolute Gasteiger partial charge is 0.124 e. The van der Waals surface area contributed by atoms with E-state index in [4.69, 9.17) is 22.1 Å². The Bertz CT molecular complexity index is 522. The summed E-state index contributed by atoms with van der Waals surface area (Å²) in [4.78, 5) is 5.66. The number of ether oxygens (including phenoxy) is 1. The minimum atomic E-state index is -0.0336. The van der Waals surface area contributed by atoms with Gasteiger partial charge in [0.15, 0.2) is 0 Å². The Morgan fingerprint density at radius 2 is 2.06 bits per heavy atom. The first-order chi connectivity index (χ1) is 8.61. The number of thiazole rings is 1. The van der Waals surface area contributed by atoms with Gasteiger partial charge < -0.3 is 10.5 Å². The van der Waals surface area contributed by atoms with E-state index in [-0.39, 0.29) is 6.04 Å². The second kappa shape index (κ2) is 5.80. The molecule has 2 rings (SSSR count). The van der Waals surface area contributed by atoms with E-state index in [0.29, 0.717) is 6.61 Å². The van der Waals surface area contributed by atoms with Gasteiger partial charge in [-0.05, 0) is 19.1 Å². The Morgan fingerprint density at radius 1 is 1.39 bits per heavy atom. The third-order valence-electron chi connectivity index (χ3n) is 2.51. The summed E-state index contributed by atoms with van der Waals surface area (Å²) in [5, 5.41) is 1.67. The van der Waals surface area contributed by atoms with Gasteiger partial charge in [-0.25, -0.2) is 4.98 Å². The molecule has 0 aliphatic carbocycles. The zero-order valence-electron chi connectivity index (χ0n) is 10.3. The first-order valence-corrected chi connectivity index (χ1v) is 6.81. The lowest BCUT2D eigenvalue weighted by Crippen LogP contribution is -2.06. The van der Waals surface area contributed by atoms with Crippen molar-refractivity contribution in [2.24, 2.45) is 5.73 Å². The maximum atomic E-state index is 5.95. The van der Waals surface area contributed by atoms with Gasteiger partial charge in [0.25, 0.3) is 0 Å². The quantitative estimate of drug-likeness (QED) is 0.931. The van der Waals surface area contributed by atoms with Gasteiger partial charge in [0, 0.05) is 28.6 Å². The van der Waals surface area contributed by atoms with Crippen molar-refractivity contribution in [1.82, 2.24) is 4.98 Å². The molecule has 0 saturated heterocycles. The van der Waals surface area contributed by atoms with Gasteiger partial charge in [-0.3, -0.25) is 0 Å². The molecule has 0 fully saturated rings. The molecule has 2 aromatic rings. The topological polar surface area (TPSA) is 48.1 Å². The summed E-state index contributed by atoms with van der Waals surface area (Å²) in [7, 11) is 1.66. The maximum Gasteiger partial charge on any atom is 0.124 e. The van der Waals surface area contributed by atoms with Crippen molar-refractivity contribution < 1.29 is 4.74 Å². The van der Waals surface area contributed by atoms with E-state index in [2.05, 4.69) is 4.98 Å². The van der Waals surface area contributed by atoms with Crippen LogP contribution in [0, 0.1) is 0 Å². The molecular formula is C13H15ClN2OS. The number of hydrogen-bond acceptors (Lipinski definition) is 4. The Hall–Kier alpha value is -0.940. The fourth-order valence-electron chi connectivity index (χ4n) is 1.68. The highest BCUT2D eigenvalue weighted by atomic mass is 35.5. The number of benzene rings is 1. The molecule has 1 aromatic heterocycles. The van der Waals surface area contributed by atoms with Crippen molar-refractivity contribution in [3.05, 3.63) is 39.9 Å². The molecule has 3 nitrogen and oxygen atoms in total. The van der Waals surface area contributed by atoms with Gasteiger partial charge in [-0.1, -0.05) is 23.7 Å². The van der Waals surface area contributed by atoms with E-state index in [1.54, 1.807) is 18.4 Å². The van der Waals surface area contributed by atoms with Crippen molar-refractivity contribution in [3.63, 3.8) is 0 Å². The molecule has 0 bridgehead atoms. The number of hydrogen-bond donors (Lipinski definition) is 1. The first kappa shape index (κ1) is 13.5. The lowest BCUT2D eigenvalue weighted by molar-refractivity contribution is 0.181. The first-order valence-electron chi connectivity index (χ1n) is 5.62. The number of aromatic nitrogens is 1. The van der Waals surface area contributed by atoms with Crippen LogP contribution in [0.2, 0.25) is 5.02 Å². The average molecular weight is 283 g/mol. The van der Waals surface area contributed by atoms with Crippen molar-refractivity contribution in [3.8, 4) is 10.6 Å². The molecule has 1 aromatic carbocycles. The monoisotopic (exact) mass is 282 g/mol. The van der Waals surface area contributed by atoms with Gasteiger partial charge in [0.2, 0.25) is 0 Å². The minimum absolute atomic E-state index is 0.0336. The van der Waals surface area contributed by atoms with Crippen LogP contribution in [0.25, 0.3) is 10.6 Å². The third-order valence-corrected chi connectivity index (χ3v) is 4.11. The number of halogens is 1. The summed E-state index contributed by atoms with van der Waals surface area (Å²) in [6.07, 6.45) is 0. The van der Waals surface area contributed by atoms with Gasteiger partial charge >= 0.3 is 0 Å². The highest BCUT2D eigenvalue weighted by Crippen LogP contribution is 2.32. The van der Waals surface area contributed by atoms with Gasteiger partial charge in [-0.2, -0.15) is 0 Å². The van der Waals surface area contributed by atoms with Gasteiger partial charge in [-0.15, -0.1) is 11.3 Å². The Kier molecular flexibility index (Phi) is 4.35. The molecule has 0 amide bonds. The van der Waals surface area contributed by atoms with E-state index in [0.717, 1.165) is 26.2 Å². The van der Waals surface area contributed by atoms with Crippen LogP contribution in [0.3, 0.4) is 0 Å². The maximum absolute atomic E-state index is 5.95. The zero-order valence-corrected chi connectivity index (χ0v) is 11.9. The molecule has 1 heterocycles. The molecule has 96 valence electrons. The fourth-order valence-corrected chi connectivity index (χ4v) is 2.83. The van der Waals surface area contributed by atoms with Crippen molar-refractivity contribution in [1.29, 1.82) is 0 Å². The zero-order chi connectivity index (χ0) is 13.1. The van der Waals surface area contributed by atoms with Crippen LogP contribution in [0.1, 0.15) is 23.5 Å². The molecule has 0 radical (unpaired) electrons. The van der Waals surface area contributed by atoms with Crippen LogP contribution in [-0.4, -0.2) is 12.1 Å². The lowest BCUT2D eigenvalue weighted by atomic mass is 10.2. The molecule has 5 heteroatoms. The van der Waals surface area contributed by atoms with Crippen molar-refractivity contribution >= 4 is 22.9 Å². The van der Waals surface area contributed by atoms with Gasteiger partial charge in [0.1, 0.15) is 5.01 Å². The molecule has 2 N–H and O–H groups in total. The summed E-state index contributed by atoms with van der Waals surface area (Å²) < 4.78 is 5.15. The molecule has 1 unspecified atom stereocenters. The standard InChI is InChI=1S/C13H15ClN2OS/c1-8(15)12-11(7-17-2)16-13(18-12)9-3-5-10(14)6-4-9/h3-6,8H,7,15H2,1-2H3. The van der Waals surface area contributed by atoms with Crippen molar-refractivity contribution in [2.45, 2.75) is 19.6 Å². The molecule has 18 heavy (non-hydrogen) atoms. The van der Waals surface area contributed by atoms with Crippen LogP contribution in [-0.2, 0) is 11.3 Å². The average Bonchev–Trinajstić information content (AvgIpc) is 2.75. The number of methoxy groups -OCH3 is 1. The third kappa shape index (κ3) is 2.90. The van der Waals surface area contributed by atoms with Crippen LogP contribution in [0.15, 0.2) is 24.3 Å².